The number of rotatable bonds is 7. The number of fused-ring (bicyclic) bond motifs is 1. The molecule has 0 radical (unpaired) electrons. The molecule has 3 heterocycles. The molecule has 0 aliphatic carbocycles. The number of carbonyl (C=O) groups excluding carboxylic acids is 1. The zero-order chi connectivity index (χ0) is 22.7. The van der Waals surface area contributed by atoms with Crippen LogP contribution >= 0.6 is 0 Å². The van der Waals surface area contributed by atoms with Crippen LogP contribution in [0.2, 0.25) is 0 Å². The first kappa shape index (κ1) is 22.6. The van der Waals surface area contributed by atoms with Gasteiger partial charge in [-0.2, -0.15) is 18.3 Å². The molecule has 3 atom stereocenters. The second-order valence-electron chi connectivity index (χ2n) is 8.75. The van der Waals surface area contributed by atoms with Gasteiger partial charge in [-0.1, -0.05) is 37.3 Å². The molecule has 0 saturated carbocycles. The lowest BCUT2D eigenvalue weighted by Gasteiger charge is -2.32. The Bertz CT molecular complexity index is 914. The number of halogens is 3. The number of amides is 1. The summed E-state index contributed by atoms with van der Waals surface area (Å²) in [4.78, 5) is 14.4. The standard InChI is InChI=1S/C23H30F3N5O/c1-2-18-12-20(23(24,25)26)31-21(28-18)13-19(29-31)17-9-11-30(14-17)15-22(32)27-10-8-16-6-4-3-5-7-16/h3-7,13,17-18,20,28H,2,8-12,14-15H2,1H3,(H,27,32)/t17-,18-,20-/m1/s1. The minimum absolute atomic E-state index is 0.00589. The third-order valence-corrected chi connectivity index (χ3v) is 6.42. The molecule has 32 heavy (non-hydrogen) atoms. The number of nitrogens with one attached hydrogen (secondary N) is 2. The van der Waals surface area contributed by atoms with Gasteiger partial charge in [0, 0.05) is 31.1 Å². The molecule has 9 heteroatoms. The maximum Gasteiger partial charge on any atom is 0.410 e. The van der Waals surface area contributed by atoms with Crippen molar-refractivity contribution >= 4 is 11.7 Å². The van der Waals surface area contributed by atoms with Crippen LogP contribution in [0.25, 0.3) is 0 Å². The predicted molar refractivity (Wildman–Crippen MR) is 117 cm³/mol. The first-order valence-corrected chi connectivity index (χ1v) is 11.3. The summed E-state index contributed by atoms with van der Waals surface area (Å²) in [6, 6.07) is 9.93. The first-order valence-electron chi connectivity index (χ1n) is 11.3. The maximum absolute atomic E-state index is 13.6. The lowest BCUT2D eigenvalue weighted by atomic mass is 10.0. The Morgan fingerprint density at radius 1 is 1.28 bits per heavy atom. The van der Waals surface area contributed by atoms with Crippen molar-refractivity contribution < 1.29 is 18.0 Å². The highest BCUT2D eigenvalue weighted by molar-refractivity contribution is 5.78. The zero-order valence-electron chi connectivity index (χ0n) is 18.2. The van der Waals surface area contributed by atoms with Crippen molar-refractivity contribution in [3.63, 3.8) is 0 Å². The largest absolute Gasteiger partial charge is 0.410 e. The van der Waals surface area contributed by atoms with Gasteiger partial charge in [-0.3, -0.25) is 9.69 Å². The monoisotopic (exact) mass is 449 g/mol. The summed E-state index contributed by atoms with van der Waals surface area (Å²) in [6.45, 7) is 4.11. The maximum atomic E-state index is 13.6. The van der Waals surface area contributed by atoms with Gasteiger partial charge in [-0.15, -0.1) is 0 Å². The Hall–Kier alpha value is -2.55. The van der Waals surface area contributed by atoms with Crippen molar-refractivity contribution in [1.29, 1.82) is 0 Å². The molecule has 2 aliphatic heterocycles. The summed E-state index contributed by atoms with van der Waals surface area (Å²) in [5.41, 5.74) is 1.85. The molecule has 2 aliphatic rings. The second kappa shape index (κ2) is 9.52. The van der Waals surface area contributed by atoms with Crippen molar-refractivity contribution in [3.05, 3.63) is 47.7 Å². The van der Waals surface area contributed by atoms with Crippen molar-refractivity contribution in [1.82, 2.24) is 20.0 Å². The van der Waals surface area contributed by atoms with E-state index in [4.69, 9.17) is 0 Å². The Kier molecular flexibility index (Phi) is 6.74. The fourth-order valence-corrected chi connectivity index (χ4v) is 4.60. The molecular formula is C23H30F3N5O. The number of likely N-dealkylation sites (tertiary alicyclic amines) is 1. The molecule has 1 aromatic carbocycles. The normalized spacial score (nSPS) is 23.6. The lowest BCUT2D eigenvalue weighted by Crippen LogP contribution is -2.38. The quantitative estimate of drug-likeness (QED) is 0.676. The van der Waals surface area contributed by atoms with E-state index in [9.17, 15) is 18.0 Å². The minimum atomic E-state index is -4.33. The molecule has 0 spiro atoms. The smallest absolute Gasteiger partial charge is 0.367 e. The van der Waals surface area contributed by atoms with E-state index in [1.54, 1.807) is 6.07 Å². The Morgan fingerprint density at radius 2 is 2.06 bits per heavy atom. The second-order valence-corrected chi connectivity index (χ2v) is 8.75. The molecule has 6 nitrogen and oxygen atoms in total. The predicted octanol–water partition coefficient (Wildman–Crippen LogP) is 3.73. The fourth-order valence-electron chi connectivity index (χ4n) is 4.60. The highest BCUT2D eigenvalue weighted by Crippen LogP contribution is 2.41. The van der Waals surface area contributed by atoms with Crippen LogP contribution in [0, 0.1) is 0 Å². The Labute approximate surface area is 186 Å². The molecule has 2 N–H and O–H groups in total. The van der Waals surface area contributed by atoms with Crippen LogP contribution < -0.4 is 10.6 Å². The summed E-state index contributed by atoms with van der Waals surface area (Å²) in [5, 5.41) is 10.5. The van der Waals surface area contributed by atoms with Gasteiger partial charge in [-0.25, -0.2) is 4.68 Å². The van der Waals surface area contributed by atoms with Crippen LogP contribution in [0.3, 0.4) is 0 Å². The third kappa shape index (κ3) is 5.26. The minimum Gasteiger partial charge on any atom is -0.367 e. The van der Waals surface area contributed by atoms with Crippen LogP contribution in [-0.2, 0) is 11.2 Å². The molecule has 174 valence electrons. The molecule has 0 unspecified atom stereocenters. The fraction of sp³-hybridized carbons (Fsp3) is 0.565. The van der Waals surface area contributed by atoms with Gasteiger partial charge in [0.1, 0.15) is 5.82 Å². The molecule has 0 bridgehead atoms. The van der Waals surface area contributed by atoms with E-state index in [1.807, 2.05) is 42.2 Å². The van der Waals surface area contributed by atoms with Gasteiger partial charge in [0.05, 0.1) is 12.2 Å². The SMILES string of the molecule is CC[C@@H]1C[C@H](C(F)(F)F)n2nc([C@@H]3CCN(CC(=O)NCCc4ccccc4)C3)cc2N1. The molecule has 1 fully saturated rings. The number of hydrogen-bond acceptors (Lipinski definition) is 4. The summed E-state index contributed by atoms with van der Waals surface area (Å²) < 4.78 is 41.9. The number of carbonyl (C=O) groups is 1. The van der Waals surface area contributed by atoms with Gasteiger partial charge < -0.3 is 10.6 Å². The highest BCUT2D eigenvalue weighted by atomic mass is 19.4. The summed E-state index contributed by atoms with van der Waals surface area (Å²) in [5.74, 6) is 0.439. The van der Waals surface area contributed by atoms with Crippen LogP contribution in [0.5, 0.6) is 0 Å². The van der Waals surface area contributed by atoms with Gasteiger partial charge in [0.2, 0.25) is 5.91 Å². The number of hydrogen-bond donors (Lipinski definition) is 2. The Morgan fingerprint density at radius 3 is 2.78 bits per heavy atom. The van der Waals surface area contributed by atoms with Crippen molar-refractivity contribution in [3.8, 4) is 0 Å². The number of benzene rings is 1. The molecule has 4 rings (SSSR count). The van der Waals surface area contributed by atoms with Gasteiger partial charge in [0.25, 0.3) is 0 Å². The van der Waals surface area contributed by atoms with Crippen LogP contribution in [0.15, 0.2) is 36.4 Å². The lowest BCUT2D eigenvalue weighted by molar-refractivity contribution is -0.173. The Balaban J connectivity index is 1.32. The van der Waals surface area contributed by atoms with Crippen molar-refractivity contribution in [2.45, 2.75) is 56.8 Å². The van der Waals surface area contributed by atoms with E-state index in [0.717, 1.165) is 24.1 Å². The summed E-state index contributed by atoms with van der Waals surface area (Å²) in [6.07, 6.45) is -2.14. The summed E-state index contributed by atoms with van der Waals surface area (Å²) >= 11 is 0. The van der Waals surface area contributed by atoms with Crippen LogP contribution in [0.4, 0.5) is 19.0 Å². The van der Waals surface area contributed by atoms with Crippen molar-refractivity contribution in [2.24, 2.45) is 0 Å². The first-order chi connectivity index (χ1) is 15.3. The highest BCUT2D eigenvalue weighted by Gasteiger charge is 2.46. The zero-order valence-corrected chi connectivity index (χ0v) is 18.2. The van der Waals surface area contributed by atoms with E-state index in [-0.39, 0.29) is 24.3 Å². The van der Waals surface area contributed by atoms with Crippen molar-refractivity contribution in [2.75, 3.05) is 31.5 Å². The molecule has 2 aromatic rings. The van der Waals surface area contributed by atoms with E-state index in [2.05, 4.69) is 15.7 Å². The van der Waals surface area contributed by atoms with E-state index >= 15 is 0 Å². The number of nitrogens with zero attached hydrogens (tertiary/aromatic N) is 3. The average Bonchev–Trinajstić information content (AvgIpc) is 3.39. The number of anilines is 1. The summed E-state index contributed by atoms with van der Waals surface area (Å²) in [7, 11) is 0. The van der Waals surface area contributed by atoms with Gasteiger partial charge in [-0.05, 0) is 37.8 Å². The van der Waals surface area contributed by atoms with Crippen LogP contribution in [0.1, 0.15) is 49.4 Å². The molecule has 1 amide bonds. The van der Waals surface area contributed by atoms with Gasteiger partial charge >= 0.3 is 6.18 Å². The third-order valence-electron chi connectivity index (χ3n) is 6.42. The van der Waals surface area contributed by atoms with Crippen LogP contribution in [-0.4, -0.2) is 59.0 Å². The molecule has 1 saturated heterocycles. The average molecular weight is 450 g/mol. The number of aromatic nitrogens is 2. The van der Waals surface area contributed by atoms with E-state index < -0.39 is 12.2 Å². The van der Waals surface area contributed by atoms with Gasteiger partial charge in [0.15, 0.2) is 6.04 Å². The molecular weight excluding hydrogens is 419 g/mol. The van der Waals surface area contributed by atoms with E-state index in [1.165, 1.54) is 5.56 Å². The molecule has 1 aromatic heterocycles. The number of alkyl halides is 3. The van der Waals surface area contributed by atoms with E-state index in [0.29, 0.717) is 37.6 Å². The topological polar surface area (TPSA) is 62.2 Å².